The Labute approximate surface area is 318 Å². The molecule has 6 rings (SSSR count). The number of benzene rings is 3. The van der Waals surface area contributed by atoms with Crippen LogP contribution in [0.2, 0.25) is 0 Å². The van der Waals surface area contributed by atoms with E-state index in [9.17, 15) is 19.8 Å². The maximum atomic E-state index is 12.8. The number of aliphatic carboxylic acids is 1. The third-order valence-corrected chi connectivity index (χ3v) is 11.2. The van der Waals surface area contributed by atoms with Crippen LogP contribution in [0.5, 0.6) is 11.5 Å². The van der Waals surface area contributed by atoms with Crippen molar-refractivity contribution < 1.29 is 29.3 Å². The molecule has 3 N–H and O–H groups in total. The number of aliphatic hydroxyl groups excluding tert-OH is 1. The molecule has 0 spiro atoms. The van der Waals surface area contributed by atoms with E-state index >= 15 is 0 Å². The highest BCUT2D eigenvalue weighted by molar-refractivity contribution is 5.92. The minimum absolute atomic E-state index is 0.0753. The molecule has 0 saturated heterocycles. The smallest absolute Gasteiger partial charge is 0.317 e. The van der Waals surface area contributed by atoms with Crippen molar-refractivity contribution in [3.05, 3.63) is 107 Å². The van der Waals surface area contributed by atoms with Crippen LogP contribution in [-0.2, 0) is 22.6 Å². The van der Waals surface area contributed by atoms with Gasteiger partial charge in [0, 0.05) is 41.3 Å². The van der Waals surface area contributed by atoms with Crippen molar-refractivity contribution in [1.82, 2.24) is 14.9 Å². The summed E-state index contributed by atoms with van der Waals surface area (Å²) in [6.45, 7) is 2.15. The molecular formula is C44H52N4O6. The summed E-state index contributed by atoms with van der Waals surface area (Å²) in [5.41, 5.74) is 5.84. The quantitative estimate of drug-likeness (QED) is 0.103. The lowest BCUT2D eigenvalue weighted by Crippen LogP contribution is -2.33. The van der Waals surface area contributed by atoms with Gasteiger partial charge in [0.15, 0.2) is 5.82 Å². The highest BCUT2D eigenvalue weighted by atomic mass is 16.5. The first-order chi connectivity index (χ1) is 26.2. The summed E-state index contributed by atoms with van der Waals surface area (Å²) < 4.78 is 10.7. The number of carboxylic acids is 1. The number of nitrogens with zero attached hydrogens (tertiary/aromatic N) is 3. The van der Waals surface area contributed by atoms with E-state index in [2.05, 4.69) is 18.3 Å². The molecule has 10 nitrogen and oxygen atoms in total. The molecule has 2 unspecified atom stereocenters. The second-order valence-corrected chi connectivity index (χ2v) is 14.6. The van der Waals surface area contributed by atoms with Crippen molar-refractivity contribution in [2.45, 2.75) is 77.5 Å². The molecule has 54 heavy (non-hydrogen) atoms. The van der Waals surface area contributed by atoms with Crippen molar-refractivity contribution >= 4 is 23.1 Å². The lowest BCUT2D eigenvalue weighted by molar-refractivity contribution is -0.142. The second kappa shape index (κ2) is 18.3. The fourth-order valence-electron chi connectivity index (χ4n) is 8.00. The molecule has 2 atom stereocenters. The maximum absolute atomic E-state index is 12.8. The van der Waals surface area contributed by atoms with Crippen molar-refractivity contribution in [2.24, 2.45) is 17.8 Å². The molecule has 1 fully saturated rings. The number of methoxy groups -OCH3 is 2. The summed E-state index contributed by atoms with van der Waals surface area (Å²) in [7, 11) is 3.11. The standard InChI is InChI=1S/C44H52N4O6/c1-4-29-5-9-31(10-6-29)32-13-15-33(16-14-32)37-25-45-43(46-26-37)34-11-7-30(8-12-34)27-48(28-42(50)51)44(52)35-17-19-38(20-18-35)47-41(49)24-36-23-39(53-2)21-22-40(36)54-3/h7-8,11-12,15,17-23,25-26,29,31-32,44,52H,4-6,9-10,13-14,16,24,27-28H2,1-3H3,(H,47,49)(H,50,51)/t29-,31-,32?,44?. The molecule has 2 aliphatic rings. The largest absolute Gasteiger partial charge is 0.497 e. The summed E-state index contributed by atoms with van der Waals surface area (Å²) in [5.74, 6) is 3.15. The minimum atomic E-state index is -1.19. The molecular weight excluding hydrogens is 681 g/mol. The van der Waals surface area contributed by atoms with E-state index in [0.29, 0.717) is 34.1 Å². The van der Waals surface area contributed by atoms with E-state index in [1.807, 2.05) is 36.7 Å². The first-order valence-corrected chi connectivity index (χ1v) is 19.1. The zero-order chi connectivity index (χ0) is 38.0. The van der Waals surface area contributed by atoms with E-state index in [0.717, 1.165) is 47.3 Å². The number of rotatable bonds is 15. The van der Waals surface area contributed by atoms with Gasteiger partial charge in [0.05, 0.1) is 27.2 Å². The number of ether oxygens (including phenoxy) is 2. The van der Waals surface area contributed by atoms with Crippen LogP contribution < -0.4 is 14.8 Å². The van der Waals surface area contributed by atoms with Crippen molar-refractivity contribution in [3.8, 4) is 22.9 Å². The van der Waals surface area contributed by atoms with Gasteiger partial charge in [0.25, 0.3) is 0 Å². The van der Waals surface area contributed by atoms with E-state index in [4.69, 9.17) is 19.4 Å². The number of hydrogen-bond donors (Lipinski definition) is 3. The normalized spacial score (nSPS) is 19.1. The van der Waals surface area contributed by atoms with Gasteiger partial charge in [-0.1, -0.05) is 68.7 Å². The van der Waals surface area contributed by atoms with E-state index in [1.54, 1.807) is 56.7 Å². The van der Waals surface area contributed by atoms with Gasteiger partial charge in [-0.15, -0.1) is 0 Å². The highest BCUT2D eigenvalue weighted by Crippen LogP contribution is 2.41. The number of carbonyl (C=O) groups is 2. The molecule has 284 valence electrons. The molecule has 3 aromatic carbocycles. The van der Waals surface area contributed by atoms with Gasteiger partial charge < -0.3 is 25.0 Å². The Morgan fingerprint density at radius 3 is 2.22 bits per heavy atom. The van der Waals surface area contributed by atoms with Gasteiger partial charge in [-0.3, -0.25) is 14.5 Å². The first-order valence-electron chi connectivity index (χ1n) is 19.1. The number of carboxylic acid groups (broad SMARTS) is 1. The average Bonchev–Trinajstić information content (AvgIpc) is 3.21. The number of carbonyl (C=O) groups excluding carboxylic acids is 1. The Bertz CT molecular complexity index is 1890. The number of aliphatic hydroxyl groups is 1. The molecule has 0 bridgehead atoms. The number of hydrogen-bond acceptors (Lipinski definition) is 8. The Morgan fingerprint density at radius 1 is 0.889 bits per heavy atom. The third kappa shape index (κ3) is 9.92. The van der Waals surface area contributed by atoms with Crippen LogP contribution >= 0.6 is 0 Å². The lowest BCUT2D eigenvalue weighted by atomic mass is 9.71. The Morgan fingerprint density at radius 2 is 1.61 bits per heavy atom. The highest BCUT2D eigenvalue weighted by Gasteiger charge is 2.28. The Kier molecular flexibility index (Phi) is 13.1. The van der Waals surface area contributed by atoms with Gasteiger partial charge >= 0.3 is 5.97 Å². The number of anilines is 1. The van der Waals surface area contributed by atoms with Gasteiger partial charge in [0.2, 0.25) is 5.91 Å². The van der Waals surface area contributed by atoms with Crippen LogP contribution in [0.15, 0.2) is 85.2 Å². The predicted molar refractivity (Wildman–Crippen MR) is 210 cm³/mol. The summed E-state index contributed by atoms with van der Waals surface area (Å²) in [6, 6.07) is 19.6. The molecule has 0 aliphatic heterocycles. The van der Waals surface area contributed by atoms with Crippen LogP contribution in [0.4, 0.5) is 5.69 Å². The van der Waals surface area contributed by atoms with Crippen molar-refractivity contribution in [2.75, 3.05) is 26.1 Å². The van der Waals surface area contributed by atoms with E-state index in [1.165, 1.54) is 49.0 Å². The maximum Gasteiger partial charge on any atom is 0.317 e. The van der Waals surface area contributed by atoms with Crippen LogP contribution in [0.1, 0.15) is 86.8 Å². The summed E-state index contributed by atoms with van der Waals surface area (Å²) >= 11 is 0. The molecule has 2 aliphatic carbocycles. The van der Waals surface area contributed by atoms with Crippen LogP contribution in [0.3, 0.4) is 0 Å². The van der Waals surface area contributed by atoms with E-state index < -0.39 is 12.2 Å². The monoisotopic (exact) mass is 732 g/mol. The van der Waals surface area contributed by atoms with Gasteiger partial charge in [-0.05, 0) is 96.9 Å². The predicted octanol–water partition coefficient (Wildman–Crippen LogP) is 8.32. The molecule has 4 aromatic rings. The fraction of sp³-hybridized carbons (Fsp3) is 0.409. The van der Waals surface area contributed by atoms with Gasteiger partial charge in [-0.2, -0.15) is 0 Å². The molecule has 10 heteroatoms. The van der Waals surface area contributed by atoms with Gasteiger partial charge in [0.1, 0.15) is 17.7 Å². The van der Waals surface area contributed by atoms with E-state index in [-0.39, 0.29) is 25.4 Å². The Balaban J connectivity index is 1.04. The lowest BCUT2D eigenvalue weighted by Gasteiger charge is -2.35. The summed E-state index contributed by atoms with van der Waals surface area (Å²) in [6.07, 6.45) is 15.5. The van der Waals surface area contributed by atoms with Crippen LogP contribution in [-0.4, -0.2) is 57.7 Å². The number of nitrogens with one attached hydrogen (secondary N) is 1. The van der Waals surface area contributed by atoms with Crippen LogP contribution in [0, 0.1) is 17.8 Å². The molecule has 1 amide bonds. The van der Waals surface area contributed by atoms with Crippen LogP contribution in [0.25, 0.3) is 17.0 Å². The molecule has 1 heterocycles. The molecule has 1 aromatic heterocycles. The van der Waals surface area contributed by atoms with Crippen molar-refractivity contribution in [1.29, 1.82) is 0 Å². The number of aromatic nitrogens is 2. The summed E-state index contributed by atoms with van der Waals surface area (Å²) in [4.78, 5) is 35.5. The zero-order valence-corrected chi connectivity index (χ0v) is 31.5. The van der Waals surface area contributed by atoms with Crippen molar-refractivity contribution in [3.63, 3.8) is 0 Å². The topological polar surface area (TPSA) is 134 Å². The Hall–Kier alpha value is -5.06. The first kappa shape index (κ1) is 38.7. The third-order valence-electron chi connectivity index (χ3n) is 11.2. The van der Waals surface area contributed by atoms with Gasteiger partial charge in [-0.25, -0.2) is 9.97 Å². The second-order valence-electron chi connectivity index (χ2n) is 14.6. The fourth-order valence-corrected chi connectivity index (χ4v) is 8.00. The molecule has 1 saturated carbocycles. The average molecular weight is 733 g/mol. The molecule has 0 radical (unpaired) electrons. The number of amides is 1. The number of allylic oxidation sites excluding steroid dienone is 2. The summed E-state index contributed by atoms with van der Waals surface area (Å²) in [5, 5.41) is 23.8. The zero-order valence-electron chi connectivity index (χ0n) is 31.5. The SMILES string of the molecule is CC[C@H]1CC[C@H](C2CC=C(c3cnc(-c4ccc(CN(CC(=O)O)C(O)c5ccc(NC(=O)Cc6cc(OC)ccc6OC)cc5)cc4)nc3)CC2)CC1. The minimum Gasteiger partial charge on any atom is -0.497 e.